The van der Waals surface area contributed by atoms with E-state index < -0.39 is 9.84 Å². The largest absolute Gasteiger partial charge is 0.398 e. The second-order valence-corrected chi connectivity index (χ2v) is 7.13. The molecule has 0 aliphatic rings. The highest BCUT2D eigenvalue weighted by Gasteiger charge is 2.17. The average molecular weight is 288 g/mol. The molecule has 0 atom stereocenters. The number of benzene rings is 1. The zero-order valence-corrected chi connectivity index (χ0v) is 11.1. The summed E-state index contributed by atoms with van der Waals surface area (Å²) >= 11 is 7.02. The zero-order valence-electron chi connectivity index (χ0n) is 8.76. The summed E-state index contributed by atoms with van der Waals surface area (Å²) in [4.78, 5) is 0. The third-order valence-corrected chi connectivity index (χ3v) is 5.64. The van der Waals surface area contributed by atoms with Gasteiger partial charge in [-0.05, 0) is 35.2 Å². The molecular weight excluding hydrogens is 278 g/mol. The fraction of sp³-hybridized carbons (Fsp3) is 0.0909. The molecule has 0 aliphatic heterocycles. The van der Waals surface area contributed by atoms with E-state index in [4.69, 9.17) is 17.3 Å². The van der Waals surface area contributed by atoms with Crippen LogP contribution in [0.2, 0.25) is 5.02 Å². The maximum Gasteiger partial charge on any atom is 0.191 e. The molecule has 6 heteroatoms. The first-order valence-electron chi connectivity index (χ1n) is 4.79. The zero-order chi connectivity index (χ0) is 12.5. The van der Waals surface area contributed by atoms with E-state index in [-0.39, 0.29) is 5.75 Å². The van der Waals surface area contributed by atoms with Crippen molar-refractivity contribution in [3.8, 4) is 0 Å². The topological polar surface area (TPSA) is 60.2 Å². The number of nitrogen functional groups attached to an aromatic ring is 1. The third-order valence-electron chi connectivity index (χ3n) is 2.25. The van der Waals surface area contributed by atoms with Crippen molar-refractivity contribution in [2.45, 2.75) is 9.96 Å². The second-order valence-electron chi connectivity index (χ2n) is 3.53. The molecule has 0 spiro atoms. The van der Waals surface area contributed by atoms with E-state index in [0.29, 0.717) is 20.5 Å². The standard InChI is InChI=1S/C11H10ClNO2S2/c12-9-3-4-10(13)8(6-9)7-17(14,15)11-2-1-5-16-11/h1-6H,7,13H2. The van der Waals surface area contributed by atoms with Crippen molar-refractivity contribution in [1.82, 2.24) is 0 Å². The fourth-order valence-corrected chi connectivity index (χ4v) is 4.08. The van der Waals surface area contributed by atoms with Crippen LogP contribution in [0, 0.1) is 0 Å². The minimum absolute atomic E-state index is 0.125. The van der Waals surface area contributed by atoms with Gasteiger partial charge in [0.15, 0.2) is 9.84 Å². The van der Waals surface area contributed by atoms with Gasteiger partial charge in [-0.15, -0.1) is 11.3 Å². The summed E-state index contributed by atoms with van der Waals surface area (Å²) in [5.41, 5.74) is 6.70. The van der Waals surface area contributed by atoms with E-state index in [0.717, 1.165) is 0 Å². The molecular formula is C11H10ClNO2S2. The summed E-state index contributed by atoms with van der Waals surface area (Å²) in [7, 11) is -3.33. The van der Waals surface area contributed by atoms with Crippen molar-refractivity contribution in [1.29, 1.82) is 0 Å². The second kappa shape index (κ2) is 4.68. The van der Waals surface area contributed by atoms with Gasteiger partial charge < -0.3 is 5.73 Å². The highest BCUT2D eigenvalue weighted by molar-refractivity contribution is 7.92. The Kier molecular flexibility index (Phi) is 3.42. The summed E-state index contributed by atoms with van der Waals surface area (Å²) in [5, 5.41) is 2.21. The Morgan fingerprint density at radius 2 is 2.06 bits per heavy atom. The van der Waals surface area contributed by atoms with Crippen molar-refractivity contribution in [3.63, 3.8) is 0 Å². The van der Waals surface area contributed by atoms with Crippen LogP contribution in [0.25, 0.3) is 0 Å². The van der Waals surface area contributed by atoms with Gasteiger partial charge in [-0.2, -0.15) is 0 Å². The predicted molar refractivity (Wildman–Crippen MR) is 71.1 cm³/mol. The van der Waals surface area contributed by atoms with Crippen LogP contribution in [0.15, 0.2) is 39.9 Å². The molecule has 2 N–H and O–H groups in total. The van der Waals surface area contributed by atoms with Crippen molar-refractivity contribution in [2.75, 3.05) is 5.73 Å². The number of rotatable bonds is 3. The Hall–Kier alpha value is -1.04. The number of anilines is 1. The van der Waals surface area contributed by atoms with Crippen LogP contribution in [0.3, 0.4) is 0 Å². The van der Waals surface area contributed by atoms with E-state index >= 15 is 0 Å². The summed E-state index contributed by atoms with van der Waals surface area (Å²) in [6.45, 7) is 0. The minimum Gasteiger partial charge on any atom is -0.398 e. The van der Waals surface area contributed by atoms with Gasteiger partial charge in [-0.25, -0.2) is 8.42 Å². The third kappa shape index (κ3) is 2.80. The van der Waals surface area contributed by atoms with Gasteiger partial charge in [-0.3, -0.25) is 0 Å². The lowest BCUT2D eigenvalue weighted by Gasteiger charge is -2.06. The molecule has 1 aromatic carbocycles. The number of halogens is 1. The monoisotopic (exact) mass is 287 g/mol. The minimum atomic E-state index is -3.33. The lowest BCUT2D eigenvalue weighted by atomic mass is 10.2. The molecule has 0 aliphatic carbocycles. The van der Waals surface area contributed by atoms with Gasteiger partial charge in [0.1, 0.15) is 4.21 Å². The molecule has 0 unspecified atom stereocenters. The van der Waals surface area contributed by atoms with Crippen LogP contribution in [0.5, 0.6) is 0 Å². The quantitative estimate of drug-likeness (QED) is 0.883. The van der Waals surface area contributed by atoms with Crippen molar-refractivity contribution >= 4 is 38.5 Å². The molecule has 1 aromatic heterocycles. The number of thiophene rings is 1. The first-order valence-corrected chi connectivity index (χ1v) is 7.70. The van der Waals surface area contributed by atoms with E-state index in [1.165, 1.54) is 11.3 Å². The van der Waals surface area contributed by atoms with E-state index in [1.54, 1.807) is 35.7 Å². The van der Waals surface area contributed by atoms with Gasteiger partial charge in [0.2, 0.25) is 0 Å². The van der Waals surface area contributed by atoms with E-state index in [1.807, 2.05) is 0 Å². The lowest BCUT2D eigenvalue weighted by Crippen LogP contribution is -2.05. The number of hydrogen-bond acceptors (Lipinski definition) is 4. The normalized spacial score (nSPS) is 11.6. The first-order chi connectivity index (χ1) is 7.99. The summed E-state index contributed by atoms with van der Waals surface area (Å²) in [5.74, 6) is -0.125. The van der Waals surface area contributed by atoms with Gasteiger partial charge >= 0.3 is 0 Å². The van der Waals surface area contributed by atoms with E-state index in [9.17, 15) is 8.42 Å². The smallest absolute Gasteiger partial charge is 0.191 e. The van der Waals surface area contributed by atoms with Gasteiger partial charge in [-0.1, -0.05) is 17.7 Å². The highest BCUT2D eigenvalue weighted by Crippen LogP contribution is 2.25. The maximum absolute atomic E-state index is 12.0. The van der Waals surface area contributed by atoms with Crippen molar-refractivity contribution in [2.24, 2.45) is 0 Å². The van der Waals surface area contributed by atoms with Gasteiger partial charge in [0.05, 0.1) is 5.75 Å². The van der Waals surface area contributed by atoms with Crippen LogP contribution in [-0.4, -0.2) is 8.42 Å². The number of sulfone groups is 1. The molecule has 3 nitrogen and oxygen atoms in total. The van der Waals surface area contributed by atoms with Crippen LogP contribution in [0.4, 0.5) is 5.69 Å². The van der Waals surface area contributed by atoms with Gasteiger partial charge in [0, 0.05) is 10.7 Å². The average Bonchev–Trinajstić information content (AvgIpc) is 2.77. The Labute approximate surface area is 109 Å². The first kappa shape index (κ1) is 12.4. The van der Waals surface area contributed by atoms with Crippen molar-refractivity contribution < 1.29 is 8.42 Å². The molecule has 0 radical (unpaired) electrons. The highest BCUT2D eigenvalue weighted by atomic mass is 35.5. The molecule has 0 bridgehead atoms. The van der Waals surface area contributed by atoms with Crippen LogP contribution in [0.1, 0.15) is 5.56 Å². The Morgan fingerprint density at radius 3 is 2.71 bits per heavy atom. The SMILES string of the molecule is Nc1ccc(Cl)cc1CS(=O)(=O)c1cccs1. The van der Waals surface area contributed by atoms with Crippen LogP contribution in [-0.2, 0) is 15.6 Å². The van der Waals surface area contributed by atoms with Crippen LogP contribution < -0.4 is 5.73 Å². The Balaban J connectivity index is 2.36. The Morgan fingerprint density at radius 1 is 1.29 bits per heavy atom. The predicted octanol–water partition coefficient (Wildman–Crippen LogP) is 2.96. The Bertz CT molecular complexity index is 621. The molecule has 2 rings (SSSR count). The summed E-state index contributed by atoms with van der Waals surface area (Å²) in [6.07, 6.45) is 0. The maximum atomic E-state index is 12.0. The van der Waals surface area contributed by atoms with Gasteiger partial charge in [0.25, 0.3) is 0 Å². The molecule has 1 heterocycles. The number of hydrogen-bond donors (Lipinski definition) is 1. The van der Waals surface area contributed by atoms with E-state index in [2.05, 4.69) is 0 Å². The fourth-order valence-electron chi connectivity index (χ4n) is 1.42. The molecule has 17 heavy (non-hydrogen) atoms. The summed E-state index contributed by atoms with van der Waals surface area (Å²) < 4.78 is 24.4. The molecule has 0 amide bonds. The molecule has 0 fully saturated rings. The van der Waals surface area contributed by atoms with Crippen LogP contribution >= 0.6 is 22.9 Å². The molecule has 0 saturated carbocycles. The van der Waals surface area contributed by atoms with Crippen molar-refractivity contribution in [3.05, 3.63) is 46.3 Å². The number of nitrogens with two attached hydrogens (primary N) is 1. The molecule has 90 valence electrons. The molecule has 0 saturated heterocycles. The molecule has 2 aromatic rings. The lowest BCUT2D eigenvalue weighted by molar-refractivity contribution is 0.597. The summed E-state index contributed by atoms with van der Waals surface area (Å²) in [6, 6.07) is 8.13.